The Bertz CT molecular complexity index is 654. The van der Waals surface area contributed by atoms with Crippen LogP contribution in [-0.2, 0) is 4.74 Å². The number of piperidine rings is 1. The SMILES string of the molecule is O=C(c1ccc(OCCCN2CCCCC2)cc1)N1CCC[C@H]1CN1CCOCC1. The Labute approximate surface area is 181 Å². The monoisotopic (exact) mass is 415 g/mol. The van der Waals surface area contributed by atoms with E-state index >= 15 is 0 Å². The fraction of sp³-hybridized carbons (Fsp3) is 0.708. The van der Waals surface area contributed by atoms with E-state index in [1.807, 2.05) is 24.3 Å². The summed E-state index contributed by atoms with van der Waals surface area (Å²) >= 11 is 0. The van der Waals surface area contributed by atoms with Gasteiger partial charge in [0.15, 0.2) is 0 Å². The van der Waals surface area contributed by atoms with Crippen LogP contribution < -0.4 is 4.74 Å². The Kier molecular flexibility index (Phi) is 8.01. The van der Waals surface area contributed by atoms with Gasteiger partial charge in [-0.25, -0.2) is 0 Å². The summed E-state index contributed by atoms with van der Waals surface area (Å²) in [5.74, 6) is 1.01. The van der Waals surface area contributed by atoms with E-state index in [0.717, 1.165) is 83.1 Å². The Balaban J connectivity index is 1.22. The molecule has 6 nitrogen and oxygen atoms in total. The molecular formula is C24H37N3O3. The topological polar surface area (TPSA) is 45.2 Å². The lowest BCUT2D eigenvalue weighted by atomic mass is 10.1. The van der Waals surface area contributed by atoms with Crippen molar-refractivity contribution < 1.29 is 14.3 Å². The van der Waals surface area contributed by atoms with Gasteiger partial charge in [0.2, 0.25) is 0 Å². The summed E-state index contributed by atoms with van der Waals surface area (Å²) in [5, 5.41) is 0. The average Bonchev–Trinajstić information content (AvgIpc) is 3.26. The minimum Gasteiger partial charge on any atom is -0.494 e. The normalized spacial score (nSPS) is 23.6. The van der Waals surface area contributed by atoms with E-state index in [2.05, 4.69) is 14.7 Å². The number of morpholine rings is 1. The van der Waals surface area contributed by atoms with Crippen LogP contribution in [0, 0.1) is 0 Å². The van der Waals surface area contributed by atoms with E-state index in [1.165, 1.54) is 32.4 Å². The number of hydrogen-bond acceptors (Lipinski definition) is 5. The van der Waals surface area contributed by atoms with Gasteiger partial charge in [0.05, 0.1) is 19.8 Å². The summed E-state index contributed by atoms with van der Waals surface area (Å²) in [5.41, 5.74) is 0.768. The molecule has 3 fully saturated rings. The second kappa shape index (κ2) is 11.1. The molecule has 0 aromatic heterocycles. The smallest absolute Gasteiger partial charge is 0.254 e. The van der Waals surface area contributed by atoms with Gasteiger partial charge in [-0.05, 0) is 69.5 Å². The zero-order valence-corrected chi connectivity index (χ0v) is 18.3. The van der Waals surface area contributed by atoms with Crippen LogP contribution in [0.5, 0.6) is 5.75 Å². The molecule has 3 aliphatic rings. The molecule has 0 aliphatic carbocycles. The standard InChI is InChI=1S/C24H37N3O3/c28-24(27-14-4-6-22(27)20-26-15-18-29-19-16-26)21-7-9-23(10-8-21)30-17-5-13-25-11-2-1-3-12-25/h7-10,22H,1-6,11-20H2/t22-/m0/s1. The minimum absolute atomic E-state index is 0.155. The fourth-order valence-corrected chi connectivity index (χ4v) is 4.90. The van der Waals surface area contributed by atoms with Crippen molar-refractivity contribution in [3.8, 4) is 5.75 Å². The van der Waals surface area contributed by atoms with Gasteiger partial charge in [-0.1, -0.05) is 6.42 Å². The number of likely N-dealkylation sites (tertiary alicyclic amines) is 2. The second-order valence-corrected chi connectivity index (χ2v) is 8.84. The number of rotatable bonds is 8. The number of benzene rings is 1. The van der Waals surface area contributed by atoms with Crippen molar-refractivity contribution in [2.24, 2.45) is 0 Å². The van der Waals surface area contributed by atoms with Crippen LogP contribution >= 0.6 is 0 Å². The van der Waals surface area contributed by atoms with Crippen molar-refractivity contribution in [3.05, 3.63) is 29.8 Å². The van der Waals surface area contributed by atoms with E-state index in [9.17, 15) is 4.79 Å². The molecule has 30 heavy (non-hydrogen) atoms. The van der Waals surface area contributed by atoms with Crippen molar-refractivity contribution >= 4 is 5.91 Å². The van der Waals surface area contributed by atoms with Crippen LogP contribution in [0.1, 0.15) is 48.9 Å². The molecule has 0 N–H and O–H groups in total. The van der Waals surface area contributed by atoms with E-state index in [4.69, 9.17) is 9.47 Å². The molecule has 3 aliphatic heterocycles. The molecule has 0 spiro atoms. The van der Waals surface area contributed by atoms with Crippen LogP contribution in [0.15, 0.2) is 24.3 Å². The second-order valence-electron chi connectivity index (χ2n) is 8.84. The lowest BCUT2D eigenvalue weighted by Crippen LogP contribution is -2.46. The van der Waals surface area contributed by atoms with E-state index in [-0.39, 0.29) is 5.91 Å². The number of amides is 1. The molecule has 6 heteroatoms. The highest BCUT2D eigenvalue weighted by molar-refractivity contribution is 5.94. The molecule has 166 valence electrons. The highest BCUT2D eigenvalue weighted by atomic mass is 16.5. The number of ether oxygens (including phenoxy) is 2. The van der Waals surface area contributed by atoms with Gasteiger partial charge in [0.25, 0.3) is 5.91 Å². The van der Waals surface area contributed by atoms with Gasteiger partial charge in [-0.3, -0.25) is 9.69 Å². The van der Waals surface area contributed by atoms with Crippen LogP contribution in [0.3, 0.4) is 0 Å². The highest BCUT2D eigenvalue weighted by Crippen LogP contribution is 2.23. The van der Waals surface area contributed by atoms with Crippen molar-refractivity contribution in [2.75, 3.05) is 65.6 Å². The molecule has 1 aromatic rings. The van der Waals surface area contributed by atoms with E-state index < -0.39 is 0 Å². The first-order valence-electron chi connectivity index (χ1n) is 11.9. The highest BCUT2D eigenvalue weighted by Gasteiger charge is 2.31. The van der Waals surface area contributed by atoms with Gasteiger partial charge < -0.3 is 19.3 Å². The predicted octanol–water partition coefficient (Wildman–Crippen LogP) is 2.88. The molecule has 1 aromatic carbocycles. The summed E-state index contributed by atoms with van der Waals surface area (Å²) in [6.45, 7) is 9.72. The summed E-state index contributed by atoms with van der Waals surface area (Å²) in [6.07, 6.45) is 7.29. The lowest BCUT2D eigenvalue weighted by Gasteiger charge is -2.33. The van der Waals surface area contributed by atoms with Gasteiger partial charge in [0.1, 0.15) is 5.75 Å². The third-order valence-electron chi connectivity index (χ3n) is 6.65. The Morgan fingerprint density at radius 1 is 0.933 bits per heavy atom. The zero-order valence-electron chi connectivity index (χ0n) is 18.3. The number of carbonyl (C=O) groups excluding carboxylic acids is 1. The Hall–Kier alpha value is -1.63. The van der Waals surface area contributed by atoms with Crippen molar-refractivity contribution in [1.82, 2.24) is 14.7 Å². The first kappa shape index (κ1) is 21.6. The van der Waals surface area contributed by atoms with Crippen molar-refractivity contribution in [3.63, 3.8) is 0 Å². The Morgan fingerprint density at radius 3 is 2.47 bits per heavy atom. The quantitative estimate of drug-likeness (QED) is 0.611. The molecule has 0 bridgehead atoms. The van der Waals surface area contributed by atoms with Crippen molar-refractivity contribution in [1.29, 1.82) is 0 Å². The van der Waals surface area contributed by atoms with Crippen LogP contribution in [0.4, 0.5) is 0 Å². The van der Waals surface area contributed by atoms with Gasteiger partial charge in [-0.2, -0.15) is 0 Å². The first-order chi connectivity index (χ1) is 14.8. The van der Waals surface area contributed by atoms with Gasteiger partial charge in [0, 0.05) is 44.3 Å². The molecule has 1 atom stereocenters. The zero-order chi connectivity index (χ0) is 20.6. The summed E-state index contributed by atoms with van der Waals surface area (Å²) < 4.78 is 11.4. The third kappa shape index (κ3) is 5.96. The molecule has 3 heterocycles. The molecule has 1 amide bonds. The molecule has 0 radical (unpaired) electrons. The first-order valence-corrected chi connectivity index (χ1v) is 11.9. The summed E-state index contributed by atoms with van der Waals surface area (Å²) in [6, 6.07) is 8.06. The molecular weight excluding hydrogens is 378 g/mol. The molecule has 0 saturated carbocycles. The van der Waals surface area contributed by atoms with E-state index in [0.29, 0.717) is 6.04 Å². The fourth-order valence-electron chi connectivity index (χ4n) is 4.90. The minimum atomic E-state index is 0.155. The molecule has 4 rings (SSSR count). The molecule has 3 saturated heterocycles. The van der Waals surface area contributed by atoms with Gasteiger partial charge >= 0.3 is 0 Å². The van der Waals surface area contributed by atoms with Gasteiger partial charge in [-0.15, -0.1) is 0 Å². The van der Waals surface area contributed by atoms with Crippen molar-refractivity contribution in [2.45, 2.75) is 44.6 Å². The maximum Gasteiger partial charge on any atom is 0.254 e. The predicted molar refractivity (Wildman–Crippen MR) is 118 cm³/mol. The number of nitrogens with zero attached hydrogens (tertiary/aromatic N) is 3. The number of hydrogen-bond donors (Lipinski definition) is 0. The Morgan fingerprint density at radius 2 is 1.70 bits per heavy atom. The van der Waals surface area contributed by atoms with E-state index in [1.54, 1.807) is 0 Å². The maximum atomic E-state index is 13.1. The largest absolute Gasteiger partial charge is 0.494 e. The third-order valence-corrected chi connectivity index (χ3v) is 6.65. The van der Waals surface area contributed by atoms with Crippen LogP contribution in [0.25, 0.3) is 0 Å². The average molecular weight is 416 g/mol. The lowest BCUT2D eigenvalue weighted by molar-refractivity contribution is 0.0261. The summed E-state index contributed by atoms with van der Waals surface area (Å²) in [7, 11) is 0. The van der Waals surface area contributed by atoms with Crippen LogP contribution in [0.2, 0.25) is 0 Å². The maximum absolute atomic E-state index is 13.1. The van der Waals surface area contributed by atoms with Crippen LogP contribution in [-0.4, -0.2) is 92.3 Å². The number of carbonyl (C=O) groups is 1. The summed E-state index contributed by atoms with van der Waals surface area (Å²) in [4.78, 5) is 20.1. The molecule has 0 unspecified atom stereocenters.